The second-order valence-corrected chi connectivity index (χ2v) is 9.90. The quantitative estimate of drug-likeness (QED) is 0.408. The Morgan fingerprint density at radius 2 is 1.79 bits per heavy atom. The Bertz CT molecular complexity index is 1010. The fraction of sp³-hybridized carbons (Fsp3) is 0.286. The molecule has 6 nitrogen and oxygen atoms in total. The van der Waals surface area contributed by atoms with Crippen LogP contribution in [0.2, 0.25) is 0 Å². The number of rotatable bonds is 5. The zero-order valence-electron chi connectivity index (χ0n) is 16.8. The van der Waals surface area contributed by atoms with E-state index in [2.05, 4.69) is 52.2 Å². The third-order valence-electron chi connectivity index (χ3n) is 4.45. The normalized spacial score (nSPS) is 12.6. The van der Waals surface area contributed by atoms with Crippen LogP contribution in [-0.4, -0.2) is 26.0 Å². The van der Waals surface area contributed by atoms with Gasteiger partial charge in [0.2, 0.25) is 11.1 Å². The maximum atomic E-state index is 12.6. The van der Waals surface area contributed by atoms with Gasteiger partial charge in [0.15, 0.2) is 5.82 Å². The van der Waals surface area contributed by atoms with Gasteiger partial charge >= 0.3 is 0 Å². The van der Waals surface area contributed by atoms with Crippen LogP contribution in [0.15, 0.2) is 58.2 Å². The number of nitrogen functional groups attached to an aromatic ring is 1. The summed E-state index contributed by atoms with van der Waals surface area (Å²) in [7, 11) is 0. The minimum Gasteiger partial charge on any atom is -0.335 e. The highest BCUT2D eigenvalue weighted by Gasteiger charge is 2.21. The summed E-state index contributed by atoms with van der Waals surface area (Å²) in [5.41, 5.74) is 2.89. The number of benzene rings is 2. The summed E-state index contributed by atoms with van der Waals surface area (Å²) >= 11 is 4.76. The van der Waals surface area contributed by atoms with Crippen molar-refractivity contribution < 1.29 is 4.79 Å². The largest absolute Gasteiger partial charge is 0.335 e. The molecule has 0 aliphatic rings. The number of aromatic nitrogens is 3. The molecule has 1 heterocycles. The maximum Gasteiger partial charge on any atom is 0.237 e. The van der Waals surface area contributed by atoms with E-state index in [1.807, 2.05) is 55.5 Å². The van der Waals surface area contributed by atoms with E-state index in [-0.39, 0.29) is 11.3 Å². The van der Waals surface area contributed by atoms with Crippen molar-refractivity contribution in [3.63, 3.8) is 0 Å². The molecule has 8 heteroatoms. The van der Waals surface area contributed by atoms with Gasteiger partial charge in [-0.1, -0.05) is 72.7 Å². The number of thioether (sulfide) groups is 1. The molecule has 1 aromatic heterocycles. The smallest absolute Gasteiger partial charge is 0.237 e. The summed E-state index contributed by atoms with van der Waals surface area (Å²) in [5.74, 6) is 6.59. The topological polar surface area (TPSA) is 85.8 Å². The monoisotopic (exact) mass is 473 g/mol. The van der Waals surface area contributed by atoms with Gasteiger partial charge in [0, 0.05) is 15.7 Å². The van der Waals surface area contributed by atoms with Crippen LogP contribution < -0.4 is 11.2 Å². The molecule has 3 aromatic rings. The predicted octanol–water partition coefficient (Wildman–Crippen LogP) is 4.84. The molecule has 3 rings (SSSR count). The highest BCUT2D eigenvalue weighted by atomic mass is 79.9. The van der Waals surface area contributed by atoms with Gasteiger partial charge in [-0.15, -0.1) is 10.2 Å². The van der Waals surface area contributed by atoms with Crippen molar-refractivity contribution in [2.45, 2.75) is 43.5 Å². The Balaban J connectivity index is 1.68. The molecule has 1 atom stereocenters. The van der Waals surface area contributed by atoms with Gasteiger partial charge < -0.3 is 11.2 Å². The van der Waals surface area contributed by atoms with E-state index < -0.39 is 5.25 Å². The fourth-order valence-corrected chi connectivity index (χ4v) is 3.92. The number of nitrogens with two attached hydrogens (primary N) is 1. The van der Waals surface area contributed by atoms with Gasteiger partial charge in [-0.3, -0.25) is 4.79 Å². The SMILES string of the molecule is CC(Sc1nnc(-c2ccccc2Br)n1N)C(=O)Nc1ccc(C(C)(C)C)cc1. The first-order valence-corrected chi connectivity index (χ1v) is 10.9. The molecule has 2 aromatic carbocycles. The van der Waals surface area contributed by atoms with E-state index in [1.165, 1.54) is 22.0 Å². The fourth-order valence-electron chi connectivity index (χ4n) is 2.69. The van der Waals surface area contributed by atoms with Crippen LogP contribution in [0.5, 0.6) is 0 Å². The van der Waals surface area contributed by atoms with Crippen molar-refractivity contribution >= 4 is 39.3 Å². The van der Waals surface area contributed by atoms with Crippen LogP contribution in [-0.2, 0) is 10.2 Å². The summed E-state index contributed by atoms with van der Waals surface area (Å²) in [6.07, 6.45) is 0. The molecule has 1 unspecified atom stereocenters. The molecule has 0 saturated carbocycles. The Labute approximate surface area is 183 Å². The van der Waals surface area contributed by atoms with E-state index in [9.17, 15) is 4.79 Å². The van der Waals surface area contributed by atoms with Crippen LogP contribution in [0, 0.1) is 0 Å². The summed E-state index contributed by atoms with van der Waals surface area (Å²) in [5, 5.41) is 11.4. The Hall–Kier alpha value is -2.32. The lowest BCUT2D eigenvalue weighted by atomic mass is 9.87. The average Bonchev–Trinajstić information content (AvgIpc) is 3.02. The van der Waals surface area contributed by atoms with Crippen molar-refractivity contribution in [2.75, 3.05) is 11.2 Å². The van der Waals surface area contributed by atoms with E-state index in [0.29, 0.717) is 11.0 Å². The number of amides is 1. The van der Waals surface area contributed by atoms with Gasteiger partial charge in [-0.05, 0) is 42.2 Å². The van der Waals surface area contributed by atoms with Crippen molar-refractivity contribution in [1.29, 1.82) is 0 Å². The lowest BCUT2D eigenvalue weighted by molar-refractivity contribution is -0.115. The second kappa shape index (κ2) is 8.59. The van der Waals surface area contributed by atoms with Crippen molar-refractivity contribution in [1.82, 2.24) is 14.9 Å². The Kier molecular flexibility index (Phi) is 6.33. The van der Waals surface area contributed by atoms with Crippen LogP contribution >= 0.6 is 27.7 Å². The second-order valence-electron chi connectivity index (χ2n) is 7.73. The van der Waals surface area contributed by atoms with Gasteiger partial charge in [0.25, 0.3) is 0 Å². The first kappa shape index (κ1) is 21.4. The maximum absolute atomic E-state index is 12.6. The highest BCUT2D eigenvalue weighted by molar-refractivity contribution is 9.10. The van der Waals surface area contributed by atoms with E-state index in [1.54, 1.807) is 0 Å². The molecule has 0 radical (unpaired) electrons. The number of halogens is 1. The summed E-state index contributed by atoms with van der Waals surface area (Å²) < 4.78 is 2.28. The number of carbonyl (C=O) groups excluding carboxylic acids is 1. The predicted molar refractivity (Wildman–Crippen MR) is 122 cm³/mol. The van der Waals surface area contributed by atoms with E-state index in [4.69, 9.17) is 5.84 Å². The average molecular weight is 474 g/mol. The minimum absolute atomic E-state index is 0.0718. The molecular weight excluding hydrogens is 450 g/mol. The zero-order valence-corrected chi connectivity index (χ0v) is 19.2. The number of hydrogen-bond acceptors (Lipinski definition) is 5. The van der Waals surface area contributed by atoms with E-state index in [0.717, 1.165) is 15.7 Å². The summed E-state index contributed by atoms with van der Waals surface area (Å²) in [6.45, 7) is 8.29. The Morgan fingerprint density at radius 1 is 1.14 bits per heavy atom. The van der Waals surface area contributed by atoms with Crippen LogP contribution in [0.25, 0.3) is 11.4 Å². The van der Waals surface area contributed by atoms with Crippen molar-refractivity contribution in [3.8, 4) is 11.4 Å². The summed E-state index contributed by atoms with van der Waals surface area (Å²) in [4.78, 5) is 12.6. The highest BCUT2D eigenvalue weighted by Crippen LogP contribution is 2.29. The molecule has 0 aliphatic carbocycles. The first-order chi connectivity index (χ1) is 13.7. The standard InChI is InChI=1S/C21H24BrN5OS/c1-13(19(28)24-15-11-9-14(10-12-15)21(2,3)4)29-20-26-25-18(27(20)23)16-7-5-6-8-17(16)22/h5-13H,23H2,1-4H3,(H,24,28). The van der Waals surface area contributed by atoms with Gasteiger partial charge in [-0.25, -0.2) is 4.68 Å². The third-order valence-corrected chi connectivity index (χ3v) is 6.20. The number of nitrogens with zero attached hydrogens (tertiary/aromatic N) is 3. The molecule has 29 heavy (non-hydrogen) atoms. The lowest BCUT2D eigenvalue weighted by Crippen LogP contribution is -2.23. The zero-order chi connectivity index (χ0) is 21.2. The van der Waals surface area contributed by atoms with Crippen molar-refractivity contribution in [2.24, 2.45) is 0 Å². The van der Waals surface area contributed by atoms with Crippen LogP contribution in [0.3, 0.4) is 0 Å². The molecule has 0 bridgehead atoms. The number of nitrogens with one attached hydrogen (secondary N) is 1. The lowest BCUT2D eigenvalue weighted by Gasteiger charge is -2.19. The molecule has 1 amide bonds. The first-order valence-electron chi connectivity index (χ1n) is 9.20. The van der Waals surface area contributed by atoms with Crippen LogP contribution in [0.1, 0.15) is 33.3 Å². The van der Waals surface area contributed by atoms with Crippen molar-refractivity contribution in [3.05, 3.63) is 58.6 Å². The minimum atomic E-state index is -0.393. The molecule has 0 spiro atoms. The molecule has 0 aliphatic heterocycles. The van der Waals surface area contributed by atoms with Crippen LogP contribution in [0.4, 0.5) is 5.69 Å². The third kappa shape index (κ3) is 5.00. The molecule has 152 valence electrons. The molecule has 0 fully saturated rings. The molecule has 3 N–H and O–H groups in total. The van der Waals surface area contributed by atoms with Gasteiger partial charge in [0.1, 0.15) is 0 Å². The van der Waals surface area contributed by atoms with Gasteiger partial charge in [-0.2, -0.15) is 0 Å². The molecule has 0 saturated heterocycles. The number of hydrogen-bond donors (Lipinski definition) is 2. The molecular formula is C21H24BrN5OS. The Morgan fingerprint density at radius 3 is 2.41 bits per heavy atom. The van der Waals surface area contributed by atoms with E-state index >= 15 is 0 Å². The number of carbonyl (C=O) groups is 1. The number of anilines is 1. The van der Waals surface area contributed by atoms with Gasteiger partial charge in [0.05, 0.1) is 5.25 Å². The summed E-state index contributed by atoms with van der Waals surface area (Å²) in [6, 6.07) is 15.6.